The zero-order valence-electron chi connectivity index (χ0n) is 15.6. The Kier molecular flexibility index (Phi) is 5.50. The van der Waals surface area contributed by atoms with Crippen molar-refractivity contribution in [3.05, 3.63) is 65.5 Å². The quantitative estimate of drug-likeness (QED) is 0.883. The number of amides is 1. The molecule has 0 aliphatic carbocycles. The van der Waals surface area contributed by atoms with Crippen molar-refractivity contribution >= 4 is 5.91 Å². The molecule has 2 bridgehead atoms. The average Bonchev–Trinajstić information content (AvgIpc) is 3.00. The number of aromatic nitrogens is 1. The Morgan fingerprint density at radius 1 is 1.04 bits per heavy atom. The molecule has 4 heterocycles. The van der Waals surface area contributed by atoms with E-state index >= 15 is 0 Å². The lowest BCUT2D eigenvalue weighted by atomic mass is 9.94. The van der Waals surface area contributed by atoms with Gasteiger partial charge in [-0.25, -0.2) is 0 Å². The minimum absolute atomic E-state index is 0.0386. The van der Waals surface area contributed by atoms with Gasteiger partial charge in [0.1, 0.15) is 0 Å². The van der Waals surface area contributed by atoms with Gasteiger partial charge in [-0.3, -0.25) is 14.7 Å². The number of nitrogens with zero attached hydrogens (tertiary/aromatic N) is 3. The molecule has 0 spiro atoms. The van der Waals surface area contributed by atoms with Crippen LogP contribution in [0.5, 0.6) is 0 Å². The summed E-state index contributed by atoms with van der Waals surface area (Å²) in [5, 5.41) is 9.16. The zero-order chi connectivity index (χ0) is 18.6. The molecular formula is C22H27N3O2. The number of aliphatic hydroxyl groups excluding tert-OH is 1. The Morgan fingerprint density at radius 3 is 2.59 bits per heavy atom. The number of hydrogen-bond acceptors (Lipinski definition) is 4. The van der Waals surface area contributed by atoms with E-state index in [0.717, 1.165) is 43.7 Å². The van der Waals surface area contributed by atoms with Gasteiger partial charge < -0.3 is 10.0 Å². The summed E-state index contributed by atoms with van der Waals surface area (Å²) < 4.78 is 0. The smallest absolute Gasteiger partial charge is 0.227 e. The summed E-state index contributed by atoms with van der Waals surface area (Å²) >= 11 is 0. The molecule has 3 aliphatic rings. The lowest BCUT2D eigenvalue weighted by molar-refractivity contribution is -0.134. The zero-order valence-corrected chi connectivity index (χ0v) is 15.6. The van der Waals surface area contributed by atoms with Gasteiger partial charge >= 0.3 is 0 Å². The van der Waals surface area contributed by atoms with Crippen LogP contribution in [-0.2, 0) is 24.4 Å². The standard InChI is InChI=1S/C22H27N3O2/c26-16-18-5-3-17(4-6-18)10-22(27)25-14-20-7-8-21(25)15-24(13-20)12-19-2-1-9-23-11-19/h1-6,9,11,20-21,26H,7-8,10,12-16H2/t20-,21+/m0/s1. The number of carbonyl (C=O) groups is 1. The van der Waals surface area contributed by atoms with E-state index in [4.69, 9.17) is 5.11 Å². The Bertz CT molecular complexity index is 763. The van der Waals surface area contributed by atoms with Crippen molar-refractivity contribution in [1.29, 1.82) is 0 Å². The highest BCUT2D eigenvalue weighted by Gasteiger charge is 2.36. The van der Waals surface area contributed by atoms with Crippen LogP contribution in [0.1, 0.15) is 29.5 Å². The third-order valence-electron chi connectivity index (χ3n) is 5.80. The molecule has 2 atom stereocenters. The van der Waals surface area contributed by atoms with Gasteiger partial charge in [-0.2, -0.15) is 0 Å². The first-order chi connectivity index (χ1) is 13.2. The van der Waals surface area contributed by atoms with Crippen molar-refractivity contribution in [1.82, 2.24) is 14.8 Å². The molecule has 0 radical (unpaired) electrons. The largest absolute Gasteiger partial charge is 0.392 e. The highest BCUT2D eigenvalue weighted by atomic mass is 16.3. The van der Waals surface area contributed by atoms with Crippen LogP contribution >= 0.6 is 0 Å². The van der Waals surface area contributed by atoms with Crippen molar-refractivity contribution in [3.8, 4) is 0 Å². The molecule has 0 unspecified atom stereocenters. The van der Waals surface area contributed by atoms with Crippen LogP contribution in [0.3, 0.4) is 0 Å². The molecule has 3 fully saturated rings. The molecule has 0 saturated carbocycles. The fourth-order valence-electron chi connectivity index (χ4n) is 4.40. The molecule has 5 nitrogen and oxygen atoms in total. The van der Waals surface area contributed by atoms with E-state index in [9.17, 15) is 4.79 Å². The fraction of sp³-hybridized carbons (Fsp3) is 0.455. The first kappa shape index (κ1) is 18.1. The van der Waals surface area contributed by atoms with E-state index < -0.39 is 0 Å². The maximum atomic E-state index is 13.0. The second-order valence-electron chi connectivity index (χ2n) is 7.85. The molecule has 27 heavy (non-hydrogen) atoms. The Labute approximate surface area is 160 Å². The average molecular weight is 365 g/mol. The number of rotatable bonds is 5. The van der Waals surface area contributed by atoms with E-state index in [2.05, 4.69) is 20.9 Å². The van der Waals surface area contributed by atoms with Crippen LogP contribution < -0.4 is 0 Å². The number of fused-ring (bicyclic) bond motifs is 4. The summed E-state index contributed by atoms with van der Waals surface area (Å²) in [5.41, 5.74) is 3.14. The minimum atomic E-state index is 0.0386. The van der Waals surface area contributed by atoms with E-state index in [-0.39, 0.29) is 12.5 Å². The molecule has 5 heteroatoms. The maximum Gasteiger partial charge on any atom is 0.227 e. The number of carbonyl (C=O) groups excluding carboxylic acids is 1. The summed E-state index contributed by atoms with van der Waals surface area (Å²) in [6, 6.07) is 12.1. The molecule has 1 amide bonds. The van der Waals surface area contributed by atoms with Gasteiger partial charge in [0, 0.05) is 44.6 Å². The molecule has 1 aromatic heterocycles. The highest BCUT2D eigenvalue weighted by Crippen LogP contribution is 2.29. The van der Waals surface area contributed by atoms with Gasteiger partial charge in [0.25, 0.3) is 0 Å². The van der Waals surface area contributed by atoms with Gasteiger partial charge in [-0.1, -0.05) is 30.3 Å². The number of aliphatic hydroxyl groups is 1. The predicted octanol–water partition coefficient (Wildman–Crippen LogP) is 2.24. The van der Waals surface area contributed by atoms with Gasteiger partial charge in [0.05, 0.1) is 13.0 Å². The van der Waals surface area contributed by atoms with Crippen molar-refractivity contribution in [2.24, 2.45) is 5.92 Å². The predicted molar refractivity (Wildman–Crippen MR) is 104 cm³/mol. The second-order valence-corrected chi connectivity index (χ2v) is 7.85. The first-order valence-electron chi connectivity index (χ1n) is 9.80. The lowest BCUT2D eigenvalue weighted by Crippen LogP contribution is -2.48. The number of piperidine rings is 1. The topological polar surface area (TPSA) is 56.7 Å². The monoisotopic (exact) mass is 365 g/mol. The fourth-order valence-corrected chi connectivity index (χ4v) is 4.40. The van der Waals surface area contributed by atoms with E-state index in [0.29, 0.717) is 18.4 Å². The Hall–Kier alpha value is -2.24. The van der Waals surface area contributed by atoms with E-state index in [1.54, 1.807) is 0 Å². The van der Waals surface area contributed by atoms with Crippen LogP contribution in [0.2, 0.25) is 0 Å². The SMILES string of the molecule is O=C(Cc1ccc(CO)cc1)N1C[C@H]2CC[C@@H]1CN(Cc1cccnc1)C2. The third-order valence-corrected chi connectivity index (χ3v) is 5.80. The summed E-state index contributed by atoms with van der Waals surface area (Å²) in [6.07, 6.45) is 6.50. The van der Waals surface area contributed by atoms with E-state index in [1.165, 1.54) is 12.0 Å². The third kappa shape index (κ3) is 4.37. The molecule has 1 N–H and O–H groups in total. The first-order valence-corrected chi connectivity index (χ1v) is 9.80. The van der Waals surface area contributed by atoms with E-state index in [1.807, 2.05) is 42.7 Å². The number of hydrogen-bond donors (Lipinski definition) is 1. The van der Waals surface area contributed by atoms with Gasteiger partial charge in [0.15, 0.2) is 0 Å². The Morgan fingerprint density at radius 2 is 1.85 bits per heavy atom. The second kappa shape index (κ2) is 8.19. The van der Waals surface area contributed by atoms with Crippen LogP contribution in [0, 0.1) is 5.92 Å². The molecule has 3 aliphatic heterocycles. The van der Waals surface area contributed by atoms with Crippen molar-refractivity contribution in [3.63, 3.8) is 0 Å². The van der Waals surface area contributed by atoms with Crippen LogP contribution in [0.15, 0.2) is 48.8 Å². The van der Waals surface area contributed by atoms with Crippen LogP contribution in [-0.4, -0.2) is 51.5 Å². The number of benzene rings is 1. The van der Waals surface area contributed by atoms with Crippen molar-refractivity contribution in [2.45, 2.75) is 38.5 Å². The minimum Gasteiger partial charge on any atom is -0.392 e. The number of pyridine rings is 1. The maximum absolute atomic E-state index is 13.0. The summed E-state index contributed by atoms with van der Waals surface area (Å²) in [6.45, 7) is 3.82. The van der Waals surface area contributed by atoms with Crippen molar-refractivity contribution < 1.29 is 9.90 Å². The normalized spacial score (nSPS) is 22.6. The molecule has 5 rings (SSSR count). The summed E-state index contributed by atoms with van der Waals surface area (Å²) in [5.74, 6) is 0.783. The molecule has 3 saturated heterocycles. The van der Waals surface area contributed by atoms with Crippen LogP contribution in [0.4, 0.5) is 0 Å². The molecule has 1 aromatic carbocycles. The van der Waals surface area contributed by atoms with Gasteiger partial charge in [0.2, 0.25) is 5.91 Å². The van der Waals surface area contributed by atoms with Crippen molar-refractivity contribution in [2.75, 3.05) is 19.6 Å². The van der Waals surface area contributed by atoms with Gasteiger partial charge in [-0.15, -0.1) is 0 Å². The Balaban J connectivity index is 1.41. The molecule has 142 valence electrons. The lowest BCUT2D eigenvalue weighted by Gasteiger charge is -2.36. The summed E-state index contributed by atoms with van der Waals surface area (Å²) in [4.78, 5) is 21.8. The van der Waals surface area contributed by atoms with Gasteiger partial charge in [-0.05, 0) is 41.5 Å². The summed E-state index contributed by atoms with van der Waals surface area (Å²) in [7, 11) is 0. The molecule has 2 aromatic rings. The highest BCUT2D eigenvalue weighted by molar-refractivity contribution is 5.79. The van der Waals surface area contributed by atoms with Crippen LogP contribution in [0.25, 0.3) is 0 Å². The molecular weight excluding hydrogens is 338 g/mol.